The zero-order chi connectivity index (χ0) is 29.6. The molecule has 0 aliphatic carbocycles. The van der Waals surface area contributed by atoms with E-state index in [9.17, 15) is 13.7 Å². The van der Waals surface area contributed by atoms with E-state index in [1.807, 2.05) is 41.3 Å². The summed E-state index contributed by atoms with van der Waals surface area (Å²) in [6.45, 7) is 6.56. The monoisotopic (exact) mass is 617 g/mol. The highest BCUT2D eigenvalue weighted by atomic mass is 35.5. The number of nitrogens with zero attached hydrogens (tertiary/aromatic N) is 4. The second-order valence-electron chi connectivity index (χ2n) is 10.5. The predicted octanol–water partition coefficient (Wildman–Crippen LogP) is 4.35. The van der Waals surface area contributed by atoms with E-state index in [-0.39, 0.29) is 25.0 Å². The molecule has 2 aromatic carbocycles. The summed E-state index contributed by atoms with van der Waals surface area (Å²) in [7, 11) is -2.97. The number of nitriles is 1. The van der Waals surface area contributed by atoms with Gasteiger partial charge in [0.25, 0.3) is 0 Å². The van der Waals surface area contributed by atoms with Crippen LogP contribution in [0.25, 0.3) is 0 Å². The molecule has 3 aromatic rings. The lowest BCUT2D eigenvalue weighted by molar-refractivity contribution is 0.300. The van der Waals surface area contributed by atoms with E-state index >= 15 is 0 Å². The van der Waals surface area contributed by atoms with Crippen LogP contribution >= 0.6 is 23.2 Å². The summed E-state index contributed by atoms with van der Waals surface area (Å²) in [5, 5.41) is 13.3. The zero-order valence-corrected chi connectivity index (χ0v) is 25.6. The summed E-state index contributed by atoms with van der Waals surface area (Å²) in [5.41, 5.74) is 2.60. The summed E-state index contributed by atoms with van der Waals surface area (Å²) in [6.07, 6.45) is 2.95. The average Bonchev–Trinajstić information content (AvgIpc) is 2.91. The molecule has 1 aromatic heterocycles. The van der Waals surface area contributed by atoms with Crippen molar-refractivity contribution in [2.24, 2.45) is 0 Å². The molecule has 2 heterocycles. The van der Waals surface area contributed by atoms with E-state index in [1.165, 1.54) is 6.26 Å². The second kappa shape index (κ2) is 13.3. The van der Waals surface area contributed by atoms with Crippen LogP contribution < -0.4 is 19.7 Å². The van der Waals surface area contributed by atoms with Gasteiger partial charge >= 0.3 is 0 Å². The van der Waals surface area contributed by atoms with Gasteiger partial charge in [0.15, 0.2) is 5.75 Å². The first-order valence-corrected chi connectivity index (χ1v) is 16.1. The summed E-state index contributed by atoms with van der Waals surface area (Å²) in [5.74, 6) is 2.10. The molecular weight excluding hydrogens is 585 g/mol. The summed E-state index contributed by atoms with van der Waals surface area (Å²) < 4.78 is 34.2. The van der Waals surface area contributed by atoms with Crippen molar-refractivity contribution < 1.29 is 17.9 Å². The molecule has 41 heavy (non-hydrogen) atoms. The van der Waals surface area contributed by atoms with Crippen molar-refractivity contribution in [1.29, 1.82) is 5.26 Å². The number of rotatable bonds is 13. The van der Waals surface area contributed by atoms with E-state index in [0.29, 0.717) is 40.5 Å². The van der Waals surface area contributed by atoms with Crippen molar-refractivity contribution in [3.63, 3.8) is 0 Å². The largest absolute Gasteiger partial charge is 0.489 e. The fourth-order valence-corrected chi connectivity index (χ4v) is 5.29. The minimum Gasteiger partial charge on any atom is -0.489 e. The van der Waals surface area contributed by atoms with Gasteiger partial charge in [-0.2, -0.15) is 5.26 Å². The lowest BCUT2D eigenvalue weighted by atomic mass is 9.77. The van der Waals surface area contributed by atoms with Gasteiger partial charge in [0.2, 0.25) is 5.95 Å². The number of aromatic nitrogens is 2. The Balaban J connectivity index is 1.35. The summed E-state index contributed by atoms with van der Waals surface area (Å²) in [6, 6.07) is 15.7. The van der Waals surface area contributed by atoms with E-state index < -0.39 is 15.3 Å². The van der Waals surface area contributed by atoms with E-state index in [1.54, 1.807) is 12.3 Å². The van der Waals surface area contributed by atoms with Crippen LogP contribution in [0.15, 0.2) is 48.7 Å². The summed E-state index contributed by atoms with van der Waals surface area (Å²) in [4.78, 5) is 11.0. The third kappa shape index (κ3) is 8.01. The number of hydrogen-bond acceptors (Lipinski definition) is 9. The van der Waals surface area contributed by atoms with Crippen molar-refractivity contribution >= 4 is 39.0 Å². The first-order chi connectivity index (χ1) is 19.5. The molecule has 9 nitrogen and oxygen atoms in total. The standard InChI is InChI=1S/C29H33Cl2N5O4S/c1-29(2,22-14-20(16-32)27(26(31)15-22)39-12-9-30)21-4-6-25(7-5-21)40-19-23-8-10-34-28(35-23)36-17-24(18-36)33-11-13-41(3,37)38/h4-8,10,14-15,24,33H,9,11-13,17-19H2,1-3H3. The molecule has 1 aliphatic heterocycles. The summed E-state index contributed by atoms with van der Waals surface area (Å²) >= 11 is 12.2. The number of sulfone groups is 1. The molecule has 4 rings (SSSR count). The van der Waals surface area contributed by atoms with Crippen LogP contribution in [-0.2, 0) is 21.9 Å². The molecule has 0 radical (unpaired) electrons. The van der Waals surface area contributed by atoms with Crippen molar-refractivity contribution in [2.75, 3.05) is 49.0 Å². The van der Waals surface area contributed by atoms with Crippen LogP contribution in [0, 0.1) is 11.3 Å². The van der Waals surface area contributed by atoms with Crippen molar-refractivity contribution in [1.82, 2.24) is 15.3 Å². The Labute approximate surface area is 251 Å². The van der Waals surface area contributed by atoms with Gasteiger partial charge in [-0.25, -0.2) is 18.4 Å². The molecule has 1 N–H and O–H groups in total. The molecule has 0 amide bonds. The van der Waals surface area contributed by atoms with Gasteiger partial charge in [-0.05, 0) is 41.5 Å². The second-order valence-corrected chi connectivity index (χ2v) is 13.5. The Hall–Kier alpha value is -3.10. The van der Waals surface area contributed by atoms with Gasteiger partial charge in [0, 0.05) is 43.5 Å². The molecule has 0 spiro atoms. The first kappa shape index (κ1) is 30.8. The van der Waals surface area contributed by atoms with E-state index in [0.717, 1.165) is 29.9 Å². The Morgan fingerprint density at radius 3 is 2.54 bits per heavy atom. The van der Waals surface area contributed by atoms with Crippen molar-refractivity contribution in [2.45, 2.75) is 31.9 Å². The van der Waals surface area contributed by atoms with Crippen LogP contribution in [0.5, 0.6) is 11.5 Å². The minimum absolute atomic E-state index is 0.125. The van der Waals surface area contributed by atoms with E-state index in [4.69, 9.17) is 32.7 Å². The minimum atomic E-state index is -2.97. The quantitative estimate of drug-likeness (QED) is 0.279. The highest BCUT2D eigenvalue weighted by Crippen LogP contribution is 2.38. The predicted molar refractivity (Wildman–Crippen MR) is 161 cm³/mol. The lowest BCUT2D eigenvalue weighted by Crippen LogP contribution is -2.59. The highest BCUT2D eigenvalue weighted by molar-refractivity contribution is 7.90. The van der Waals surface area contributed by atoms with Gasteiger partial charge < -0.3 is 19.7 Å². The van der Waals surface area contributed by atoms with Gasteiger partial charge in [-0.15, -0.1) is 11.6 Å². The highest BCUT2D eigenvalue weighted by Gasteiger charge is 2.29. The molecule has 1 saturated heterocycles. The number of hydrogen-bond donors (Lipinski definition) is 1. The van der Waals surface area contributed by atoms with E-state index in [2.05, 4.69) is 35.2 Å². The Bertz CT molecular complexity index is 1500. The maximum Gasteiger partial charge on any atom is 0.225 e. The van der Waals surface area contributed by atoms with Crippen LogP contribution in [0.2, 0.25) is 5.02 Å². The first-order valence-electron chi connectivity index (χ1n) is 13.1. The number of ether oxygens (including phenoxy) is 2. The molecule has 1 aliphatic rings. The normalized spacial score (nSPS) is 13.9. The maximum absolute atomic E-state index is 11.3. The maximum atomic E-state index is 11.3. The Morgan fingerprint density at radius 2 is 1.88 bits per heavy atom. The molecular formula is C29H33Cl2N5O4S. The van der Waals surface area contributed by atoms with Crippen LogP contribution in [0.1, 0.15) is 36.2 Å². The SMILES string of the molecule is CC(C)(c1ccc(OCc2ccnc(N3CC(NCCS(C)(=O)=O)C3)n2)cc1)c1cc(Cl)c(OCCCl)c(C#N)c1. The average molecular weight is 619 g/mol. The molecule has 0 atom stereocenters. The molecule has 0 unspecified atom stereocenters. The third-order valence-electron chi connectivity index (χ3n) is 6.94. The van der Waals surface area contributed by atoms with Gasteiger partial charge in [-0.3, -0.25) is 0 Å². The number of halogens is 2. The van der Waals surface area contributed by atoms with Gasteiger partial charge in [-0.1, -0.05) is 37.6 Å². The fraction of sp³-hybridized carbons (Fsp3) is 0.414. The molecule has 0 bridgehead atoms. The van der Waals surface area contributed by atoms with Crippen LogP contribution in [0.4, 0.5) is 5.95 Å². The topological polar surface area (TPSA) is 117 Å². The molecule has 218 valence electrons. The number of benzene rings is 2. The number of alkyl halides is 1. The molecule has 0 saturated carbocycles. The smallest absolute Gasteiger partial charge is 0.225 e. The molecule has 12 heteroatoms. The van der Waals surface area contributed by atoms with Gasteiger partial charge in [0.05, 0.1) is 27.9 Å². The van der Waals surface area contributed by atoms with Crippen molar-refractivity contribution in [3.05, 3.63) is 76.1 Å². The van der Waals surface area contributed by atoms with Crippen LogP contribution in [0.3, 0.4) is 0 Å². The van der Waals surface area contributed by atoms with Crippen LogP contribution in [-0.4, -0.2) is 68.6 Å². The Kier molecular flexibility index (Phi) is 9.97. The van der Waals surface area contributed by atoms with Crippen molar-refractivity contribution in [3.8, 4) is 17.6 Å². The number of nitrogens with one attached hydrogen (secondary N) is 1. The molecule has 1 fully saturated rings. The van der Waals surface area contributed by atoms with Gasteiger partial charge in [0.1, 0.15) is 34.9 Å². The number of anilines is 1. The Morgan fingerprint density at radius 1 is 1.15 bits per heavy atom. The lowest BCUT2D eigenvalue weighted by Gasteiger charge is -2.39. The fourth-order valence-electron chi connectivity index (χ4n) is 4.45. The zero-order valence-electron chi connectivity index (χ0n) is 23.2. The third-order valence-corrected chi connectivity index (χ3v) is 8.32.